The van der Waals surface area contributed by atoms with Gasteiger partial charge in [0.15, 0.2) is 0 Å². The summed E-state index contributed by atoms with van der Waals surface area (Å²) in [4.78, 5) is 28.3. The maximum absolute atomic E-state index is 11.6. The standard InChI is InChI=1S/C11H21N9O2/c12-9(11(22)16-6-2-8-18-20-14)3-4-10(21)15-5-1-7-17-19-13/h9H,1-8,12H2,(H,15,21)(H,16,22). The van der Waals surface area contributed by atoms with Crippen LogP contribution in [-0.4, -0.2) is 44.0 Å². The van der Waals surface area contributed by atoms with E-state index in [9.17, 15) is 9.59 Å². The second-order valence-electron chi connectivity index (χ2n) is 4.40. The van der Waals surface area contributed by atoms with Gasteiger partial charge in [0.25, 0.3) is 0 Å². The fraction of sp³-hybridized carbons (Fsp3) is 0.818. The van der Waals surface area contributed by atoms with Gasteiger partial charge in [-0.15, -0.1) is 0 Å². The van der Waals surface area contributed by atoms with Crippen LogP contribution in [-0.2, 0) is 9.59 Å². The highest BCUT2D eigenvalue weighted by molar-refractivity contribution is 5.82. The first-order valence-electron chi connectivity index (χ1n) is 6.93. The van der Waals surface area contributed by atoms with Crippen molar-refractivity contribution < 1.29 is 9.59 Å². The first kappa shape index (κ1) is 19.5. The molecule has 22 heavy (non-hydrogen) atoms. The topological polar surface area (TPSA) is 182 Å². The van der Waals surface area contributed by atoms with E-state index in [1.807, 2.05) is 0 Å². The predicted molar refractivity (Wildman–Crippen MR) is 80.5 cm³/mol. The number of carbonyl (C=O) groups excluding carboxylic acids is 2. The Balaban J connectivity index is 3.70. The van der Waals surface area contributed by atoms with Crippen molar-refractivity contribution in [1.29, 1.82) is 0 Å². The minimum absolute atomic E-state index is 0.148. The SMILES string of the molecule is [N-]=[N+]=NCCCNC(=O)CCC(N)C(=O)NCCCN=[N+]=[N-]. The van der Waals surface area contributed by atoms with Crippen molar-refractivity contribution in [3.63, 3.8) is 0 Å². The lowest BCUT2D eigenvalue weighted by molar-refractivity contribution is -0.123. The summed E-state index contributed by atoms with van der Waals surface area (Å²) in [5.41, 5.74) is 21.8. The van der Waals surface area contributed by atoms with Gasteiger partial charge in [-0.2, -0.15) is 0 Å². The summed E-state index contributed by atoms with van der Waals surface area (Å²) in [6.45, 7) is 1.43. The number of nitrogens with one attached hydrogen (secondary N) is 2. The largest absolute Gasteiger partial charge is 0.356 e. The van der Waals surface area contributed by atoms with Crippen molar-refractivity contribution in [2.75, 3.05) is 26.2 Å². The average molecular weight is 311 g/mol. The first-order chi connectivity index (χ1) is 10.6. The van der Waals surface area contributed by atoms with Gasteiger partial charge in [-0.05, 0) is 30.3 Å². The summed E-state index contributed by atoms with van der Waals surface area (Å²) in [6.07, 6.45) is 1.49. The number of azide groups is 2. The van der Waals surface area contributed by atoms with Crippen LogP contribution in [0.25, 0.3) is 20.9 Å². The third-order valence-corrected chi connectivity index (χ3v) is 2.64. The number of nitrogens with zero attached hydrogens (tertiary/aromatic N) is 6. The van der Waals surface area contributed by atoms with Crippen molar-refractivity contribution >= 4 is 11.8 Å². The van der Waals surface area contributed by atoms with Crippen LogP contribution in [0.4, 0.5) is 0 Å². The molecular weight excluding hydrogens is 290 g/mol. The molecule has 0 rings (SSSR count). The molecule has 1 atom stereocenters. The van der Waals surface area contributed by atoms with Gasteiger partial charge in [-0.3, -0.25) is 9.59 Å². The molecule has 0 saturated carbocycles. The third kappa shape index (κ3) is 11.4. The molecule has 0 saturated heterocycles. The van der Waals surface area contributed by atoms with Crippen molar-refractivity contribution in [2.24, 2.45) is 16.0 Å². The van der Waals surface area contributed by atoms with Crippen LogP contribution in [0.2, 0.25) is 0 Å². The van der Waals surface area contributed by atoms with Gasteiger partial charge in [0, 0.05) is 42.4 Å². The normalized spacial score (nSPS) is 10.8. The molecule has 0 spiro atoms. The fourth-order valence-corrected chi connectivity index (χ4v) is 1.47. The van der Waals surface area contributed by atoms with Crippen LogP contribution in [0.1, 0.15) is 25.7 Å². The molecular formula is C11H21N9O2. The highest BCUT2D eigenvalue weighted by Gasteiger charge is 2.14. The first-order valence-corrected chi connectivity index (χ1v) is 6.93. The molecule has 0 aliphatic rings. The molecule has 0 aromatic rings. The quantitative estimate of drug-likeness (QED) is 0.208. The smallest absolute Gasteiger partial charge is 0.236 e. The summed E-state index contributed by atoms with van der Waals surface area (Å²) in [5, 5.41) is 11.9. The molecule has 11 heteroatoms. The third-order valence-electron chi connectivity index (χ3n) is 2.64. The minimum atomic E-state index is -0.756. The van der Waals surface area contributed by atoms with E-state index in [1.54, 1.807) is 0 Å². The van der Waals surface area contributed by atoms with Crippen molar-refractivity contribution in [3.8, 4) is 0 Å². The highest BCUT2D eigenvalue weighted by Crippen LogP contribution is 1.95. The van der Waals surface area contributed by atoms with Gasteiger partial charge < -0.3 is 16.4 Å². The summed E-state index contributed by atoms with van der Waals surface area (Å²) in [6, 6.07) is -0.756. The van der Waals surface area contributed by atoms with E-state index < -0.39 is 6.04 Å². The second-order valence-corrected chi connectivity index (χ2v) is 4.40. The molecule has 122 valence electrons. The van der Waals surface area contributed by atoms with Gasteiger partial charge >= 0.3 is 0 Å². The van der Waals surface area contributed by atoms with Crippen LogP contribution in [0.15, 0.2) is 10.2 Å². The molecule has 0 aromatic carbocycles. The fourth-order valence-electron chi connectivity index (χ4n) is 1.47. The molecule has 0 heterocycles. The number of hydrogen-bond acceptors (Lipinski definition) is 5. The highest BCUT2D eigenvalue weighted by atomic mass is 16.2. The van der Waals surface area contributed by atoms with Gasteiger partial charge in [0.05, 0.1) is 6.04 Å². The van der Waals surface area contributed by atoms with E-state index in [2.05, 4.69) is 30.7 Å². The Hall–Kier alpha value is -2.48. The van der Waals surface area contributed by atoms with Crippen LogP contribution >= 0.6 is 0 Å². The zero-order valence-corrected chi connectivity index (χ0v) is 12.3. The van der Waals surface area contributed by atoms with Crippen LogP contribution in [0.3, 0.4) is 0 Å². The van der Waals surface area contributed by atoms with Crippen LogP contribution in [0.5, 0.6) is 0 Å². The Labute approximate surface area is 127 Å². The summed E-state index contributed by atoms with van der Waals surface area (Å²) in [5.74, 6) is -0.537. The number of amides is 2. The zero-order chi connectivity index (χ0) is 16.6. The molecule has 0 fully saturated rings. The second kappa shape index (κ2) is 13.5. The van der Waals surface area contributed by atoms with E-state index in [4.69, 9.17) is 16.8 Å². The van der Waals surface area contributed by atoms with E-state index in [0.29, 0.717) is 39.0 Å². The van der Waals surface area contributed by atoms with Gasteiger partial charge in [-0.1, -0.05) is 10.2 Å². The minimum Gasteiger partial charge on any atom is -0.356 e. The molecule has 0 aromatic heterocycles. The molecule has 4 N–H and O–H groups in total. The molecule has 1 unspecified atom stereocenters. The van der Waals surface area contributed by atoms with E-state index >= 15 is 0 Å². The Morgan fingerprint density at radius 3 is 2.14 bits per heavy atom. The summed E-state index contributed by atoms with van der Waals surface area (Å²) < 4.78 is 0. The Morgan fingerprint density at radius 2 is 1.59 bits per heavy atom. The molecule has 0 bridgehead atoms. The van der Waals surface area contributed by atoms with Crippen molar-refractivity contribution in [2.45, 2.75) is 31.7 Å². The van der Waals surface area contributed by atoms with Crippen molar-refractivity contribution in [3.05, 3.63) is 20.9 Å². The van der Waals surface area contributed by atoms with Gasteiger partial charge in [0.1, 0.15) is 0 Å². The van der Waals surface area contributed by atoms with Gasteiger partial charge in [0.2, 0.25) is 11.8 Å². The van der Waals surface area contributed by atoms with E-state index in [-0.39, 0.29) is 24.7 Å². The van der Waals surface area contributed by atoms with E-state index in [0.717, 1.165) is 0 Å². The van der Waals surface area contributed by atoms with Crippen LogP contribution < -0.4 is 16.4 Å². The molecule has 0 aliphatic carbocycles. The average Bonchev–Trinajstić information content (AvgIpc) is 2.52. The monoisotopic (exact) mass is 311 g/mol. The predicted octanol–water partition coefficient (Wildman–Crippen LogP) is 0.727. The molecule has 2 amide bonds. The number of hydrogen-bond donors (Lipinski definition) is 3. The zero-order valence-electron chi connectivity index (χ0n) is 12.3. The lowest BCUT2D eigenvalue weighted by atomic mass is 10.1. The maximum atomic E-state index is 11.6. The van der Waals surface area contributed by atoms with Crippen molar-refractivity contribution in [1.82, 2.24) is 10.6 Å². The molecule has 0 radical (unpaired) electrons. The summed E-state index contributed by atoms with van der Waals surface area (Å²) in [7, 11) is 0. The maximum Gasteiger partial charge on any atom is 0.236 e. The molecule has 0 aliphatic heterocycles. The number of nitrogens with two attached hydrogens (primary N) is 1. The number of rotatable bonds is 12. The lowest BCUT2D eigenvalue weighted by Crippen LogP contribution is -2.41. The number of carbonyl (C=O) groups is 2. The molecule has 11 nitrogen and oxygen atoms in total. The van der Waals surface area contributed by atoms with Gasteiger partial charge in [-0.25, -0.2) is 0 Å². The Kier molecular flexibility index (Phi) is 12.0. The van der Waals surface area contributed by atoms with Crippen LogP contribution in [0, 0.1) is 0 Å². The Morgan fingerprint density at radius 1 is 1.05 bits per heavy atom. The van der Waals surface area contributed by atoms with E-state index in [1.165, 1.54) is 0 Å². The lowest BCUT2D eigenvalue weighted by Gasteiger charge is -2.11. The Bertz CT molecular complexity index is 441. The summed E-state index contributed by atoms with van der Waals surface area (Å²) >= 11 is 0.